The second-order valence-corrected chi connectivity index (χ2v) is 7.53. The lowest BCUT2D eigenvalue weighted by Gasteiger charge is -2.40. The molecule has 0 aromatic carbocycles. The predicted molar refractivity (Wildman–Crippen MR) is 83.8 cm³/mol. The van der Waals surface area contributed by atoms with E-state index < -0.39 is 35.3 Å². The van der Waals surface area contributed by atoms with Crippen LogP contribution in [0.25, 0.3) is 0 Å². The van der Waals surface area contributed by atoms with Crippen LogP contribution in [0.2, 0.25) is 0 Å². The summed E-state index contributed by atoms with van der Waals surface area (Å²) >= 11 is 0. The van der Waals surface area contributed by atoms with E-state index >= 15 is 0 Å². The Labute approximate surface area is 146 Å². The fraction of sp³-hybridized carbons (Fsp3) is 1.00. The van der Waals surface area contributed by atoms with Crippen LogP contribution in [-0.2, 0) is 14.3 Å². The number of ether oxygens (including phenoxy) is 2. The molecule has 0 bridgehead atoms. The molecule has 25 heavy (non-hydrogen) atoms. The Morgan fingerprint density at radius 2 is 2.16 bits per heavy atom. The molecule has 1 aliphatic carbocycles. The van der Waals surface area contributed by atoms with Gasteiger partial charge < -0.3 is 24.8 Å². The molecule has 2 heterocycles. The number of nitrogens with zero attached hydrogens (tertiary/aromatic N) is 1. The van der Waals surface area contributed by atoms with Crippen molar-refractivity contribution in [2.24, 2.45) is 11.8 Å². The summed E-state index contributed by atoms with van der Waals surface area (Å²) in [6.45, 7) is 0.383. The van der Waals surface area contributed by atoms with E-state index in [0.717, 1.165) is 32.1 Å². The van der Waals surface area contributed by atoms with Gasteiger partial charge in [-0.05, 0) is 37.5 Å². The van der Waals surface area contributed by atoms with Crippen LogP contribution in [0.15, 0.2) is 0 Å². The van der Waals surface area contributed by atoms with Crippen LogP contribution in [0, 0.1) is 22.0 Å². The average Bonchev–Trinajstić information content (AvgIpc) is 3.09. The SMILES string of the molecule is O=[N+]([O-])OC(O)CCCC1CCCC([C@@]2(O)CO[C@@H]3[C@H](O)CO[C@@H]32)C1. The van der Waals surface area contributed by atoms with Crippen molar-refractivity contribution in [3.8, 4) is 0 Å². The van der Waals surface area contributed by atoms with E-state index in [1.807, 2.05) is 0 Å². The summed E-state index contributed by atoms with van der Waals surface area (Å²) in [5.41, 5.74) is -1.06. The first-order valence-corrected chi connectivity index (χ1v) is 9.03. The maximum atomic E-state index is 11.1. The summed E-state index contributed by atoms with van der Waals surface area (Å²) in [4.78, 5) is 14.3. The van der Waals surface area contributed by atoms with Crippen LogP contribution in [-0.4, -0.2) is 63.8 Å². The summed E-state index contributed by atoms with van der Waals surface area (Å²) in [5.74, 6) is 0.433. The van der Waals surface area contributed by atoms with Gasteiger partial charge in [-0.15, -0.1) is 10.1 Å². The quantitative estimate of drug-likeness (QED) is 0.337. The normalized spacial score (nSPS) is 42.1. The van der Waals surface area contributed by atoms with Gasteiger partial charge in [-0.2, -0.15) is 0 Å². The molecular formula is C16H27NO8. The van der Waals surface area contributed by atoms with Crippen LogP contribution in [0.4, 0.5) is 0 Å². The van der Waals surface area contributed by atoms with Gasteiger partial charge in [-0.25, -0.2) is 0 Å². The molecule has 3 rings (SSSR count). The lowest BCUT2D eigenvalue weighted by molar-refractivity contribution is -0.780. The molecule has 9 heteroatoms. The third kappa shape index (κ3) is 4.06. The van der Waals surface area contributed by atoms with Crippen LogP contribution in [0.3, 0.4) is 0 Å². The number of hydrogen-bond donors (Lipinski definition) is 3. The van der Waals surface area contributed by atoms with Gasteiger partial charge in [0.05, 0.1) is 13.2 Å². The second-order valence-electron chi connectivity index (χ2n) is 7.53. The van der Waals surface area contributed by atoms with E-state index in [1.165, 1.54) is 0 Å². The Kier molecular flexibility index (Phi) is 5.79. The fourth-order valence-electron chi connectivity index (χ4n) is 4.62. The summed E-state index contributed by atoms with van der Waals surface area (Å²) in [5, 5.41) is 39.6. The number of aliphatic hydroxyl groups is 3. The van der Waals surface area contributed by atoms with Gasteiger partial charge in [0.2, 0.25) is 6.29 Å². The van der Waals surface area contributed by atoms with Crippen LogP contribution < -0.4 is 0 Å². The number of fused-ring (bicyclic) bond motifs is 1. The Morgan fingerprint density at radius 1 is 1.36 bits per heavy atom. The Bertz CT molecular complexity index is 477. The van der Waals surface area contributed by atoms with E-state index in [4.69, 9.17) is 9.47 Å². The third-order valence-electron chi connectivity index (χ3n) is 5.88. The van der Waals surface area contributed by atoms with Gasteiger partial charge >= 0.3 is 0 Å². The molecule has 0 amide bonds. The van der Waals surface area contributed by atoms with E-state index in [0.29, 0.717) is 12.3 Å². The number of hydrogen-bond acceptors (Lipinski definition) is 8. The Hall–Kier alpha value is -1.00. The highest BCUT2D eigenvalue weighted by molar-refractivity contribution is 5.07. The smallest absolute Gasteiger partial charge is 0.297 e. The predicted octanol–water partition coefficient (Wildman–Crippen LogP) is 0.379. The highest BCUT2D eigenvalue weighted by Gasteiger charge is 2.59. The fourth-order valence-corrected chi connectivity index (χ4v) is 4.62. The Balaban J connectivity index is 1.49. The third-order valence-corrected chi connectivity index (χ3v) is 5.88. The molecule has 7 atom stereocenters. The summed E-state index contributed by atoms with van der Waals surface area (Å²) in [6.07, 6.45) is 2.45. The summed E-state index contributed by atoms with van der Waals surface area (Å²) in [7, 11) is 0. The maximum absolute atomic E-state index is 11.1. The largest absolute Gasteiger partial charge is 0.388 e. The monoisotopic (exact) mass is 361 g/mol. The lowest BCUT2D eigenvalue weighted by Crippen LogP contribution is -2.51. The van der Waals surface area contributed by atoms with Crippen molar-refractivity contribution < 1.29 is 34.7 Å². The van der Waals surface area contributed by atoms with Crippen molar-refractivity contribution >= 4 is 0 Å². The molecular weight excluding hydrogens is 334 g/mol. The molecule has 3 N–H and O–H groups in total. The summed E-state index contributed by atoms with van der Waals surface area (Å²) < 4.78 is 11.2. The van der Waals surface area contributed by atoms with E-state index in [-0.39, 0.29) is 25.6 Å². The van der Waals surface area contributed by atoms with E-state index in [1.54, 1.807) is 0 Å². The molecule has 9 nitrogen and oxygen atoms in total. The maximum Gasteiger partial charge on any atom is 0.297 e. The minimum absolute atomic E-state index is 0.0477. The number of aliphatic hydroxyl groups excluding tert-OH is 2. The molecule has 0 radical (unpaired) electrons. The van der Waals surface area contributed by atoms with Crippen LogP contribution in [0.1, 0.15) is 44.9 Å². The van der Waals surface area contributed by atoms with E-state index in [9.17, 15) is 25.4 Å². The average molecular weight is 361 g/mol. The van der Waals surface area contributed by atoms with Crippen LogP contribution in [0.5, 0.6) is 0 Å². The minimum Gasteiger partial charge on any atom is -0.388 e. The first-order valence-electron chi connectivity index (χ1n) is 9.03. The van der Waals surface area contributed by atoms with Crippen molar-refractivity contribution in [2.75, 3.05) is 13.2 Å². The molecule has 144 valence electrons. The highest BCUT2D eigenvalue weighted by atomic mass is 17.0. The molecule has 2 aliphatic heterocycles. The molecule has 2 saturated heterocycles. The van der Waals surface area contributed by atoms with Crippen molar-refractivity contribution in [1.29, 1.82) is 0 Å². The van der Waals surface area contributed by atoms with Gasteiger partial charge in [-0.3, -0.25) is 4.84 Å². The summed E-state index contributed by atoms with van der Waals surface area (Å²) in [6, 6.07) is 0. The van der Waals surface area contributed by atoms with Gasteiger partial charge in [0.15, 0.2) is 0 Å². The topological polar surface area (TPSA) is 132 Å². The zero-order valence-corrected chi connectivity index (χ0v) is 14.2. The molecule has 1 saturated carbocycles. The highest BCUT2D eigenvalue weighted by Crippen LogP contribution is 2.46. The number of rotatable bonds is 7. The van der Waals surface area contributed by atoms with Crippen molar-refractivity contribution in [3.05, 3.63) is 10.1 Å². The van der Waals surface area contributed by atoms with E-state index in [2.05, 4.69) is 4.84 Å². The molecule has 3 unspecified atom stereocenters. The van der Waals surface area contributed by atoms with Gasteiger partial charge in [-0.1, -0.05) is 19.3 Å². The Morgan fingerprint density at radius 3 is 2.92 bits per heavy atom. The zero-order valence-electron chi connectivity index (χ0n) is 14.2. The van der Waals surface area contributed by atoms with Gasteiger partial charge in [0.1, 0.15) is 23.9 Å². The standard InChI is InChI=1S/C16H27NO8/c18-12-8-23-15-14(12)24-9-16(15,20)11-5-1-3-10(7-11)4-2-6-13(19)25-17(21)22/h10-15,18-20H,1-9H2/t10?,11?,12-,13?,14-,15+,16+/m1/s1. The molecule has 3 fully saturated rings. The van der Waals surface area contributed by atoms with Gasteiger partial charge in [0.25, 0.3) is 5.09 Å². The van der Waals surface area contributed by atoms with Crippen molar-refractivity contribution in [1.82, 2.24) is 0 Å². The lowest BCUT2D eigenvalue weighted by atomic mass is 9.70. The van der Waals surface area contributed by atoms with Gasteiger partial charge in [0, 0.05) is 0 Å². The second kappa shape index (κ2) is 7.71. The van der Waals surface area contributed by atoms with Crippen molar-refractivity contribution in [2.45, 2.75) is 75.1 Å². The first-order chi connectivity index (χ1) is 11.9. The first kappa shape index (κ1) is 18.8. The minimum atomic E-state index is -1.38. The van der Waals surface area contributed by atoms with Crippen LogP contribution >= 0.6 is 0 Å². The molecule has 3 aliphatic rings. The van der Waals surface area contributed by atoms with Crippen molar-refractivity contribution in [3.63, 3.8) is 0 Å². The molecule has 0 aromatic heterocycles. The molecule has 0 spiro atoms. The molecule has 0 aromatic rings. The zero-order chi connectivity index (χ0) is 18.0.